The predicted molar refractivity (Wildman–Crippen MR) is 128 cm³/mol. The smallest absolute Gasteiger partial charge is 0.344 e. The molecule has 0 saturated carbocycles. The molecule has 0 amide bonds. The molecule has 0 atom stereocenters. The zero-order valence-electron chi connectivity index (χ0n) is 17.0. The Morgan fingerprint density at radius 3 is 2.45 bits per heavy atom. The van der Waals surface area contributed by atoms with E-state index >= 15 is 0 Å². The number of Topliss-reactive ketones (excluding diaryl/α,β-unsaturated/α-hetero) is 1. The molecule has 0 aliphatic heterocycles. The summed E-state index contributed by atoms with van der Waals surface area (Å²) in [4.78, 5) is 37.2. The summed E-state index contributed by atoms with van der Waals surface area (Å²) in [5, 5.41) is 1.25. The maximum absolute atomic E-state index is 12.7. The lowest BCUT2D eigenvalue weighted by Gasteiger charge is -2.09. The van der Waals surface area contributed by atoms with Gasteiger partial charge in [0.05, 0.1) is 5.56 Å². The molecule has 0 bridgehead atoms. The van der Waals surface area contributed by atoms with E-state index in [4.69, 9.17) is 13.6 Å². The minimum atomic E-state index is -0.622. The van der Waals surface area contributed by atoms with Gasteiger partial charge in [-0.3, -0.25) is 4.79 Å². The molecule has 0 spiro atoms. The van der Waals surface area contributed by atoms with Crippen LogP contribution in [0.25, 0.3) is 33.1 Å². The number of rotatable bonds is 5. The van der Waals surface area contributed by atoms with Gasteiger partial charge in [0.25, 0.3) is 0 Å². The van der Waals surface area contributed by atoms with Crippen LogP contribution < -0.4 is 16.0 Å². The molecule has 0 fully saturated rings. The van der Waals surface area contributed by atoms with Crippen molar-refractivity contribution in [2.75, 3.05) is 6.61 Å². The van der Waals surface area contributed by atoms with E-state index in [0.29, 0.717) is 33.2 Å². The van der Waals surface area contributed by atoms with Crippen LogP contribution in [0.4, 0.5) is 0 Å². The highest BCUT2D eigenvalue weighted by Crippen LogP contribution is 2.30. The number of fused-ring (bicyclic) bond motifs is 2. The average molecular weight is 503 g/mol. The molecular formula is C26H15BrO6. The lowest BCUT2D eigenvalue weighted by molar-refractivity contribution is 0.0921. The summed E-state index contributed by atoms with van der Waals surface area (Å²) in [6.07, 6.45) is 0. The standard InChI is InChI=1S/C26H15BrO6/c27-17-6-9-23-16(10-17)11-21(26(30)33-23)20-13-25(29)32-24-12-18(7-8-19(20)24)31-14-22(28)15-4-2-1-3-5-15/h1-13H,14H2. The third-order valence-corrected chi connectivity index (χ3v) is 5.66. The van der Waals surface area contributed by atoms with Crippen molar-refractivity contribution in [2.24, 2.45) is 0 Å². The van der Waals surface area contributed by atoms with E-state index in [1.54, 1.807) is 54.6 Å². The zero-order chi connectivity index (χ0) is 22.9. The molecule has 162 valence electrons. The maximum Gasteiger partial charge on any atom is 0.344 e. The van der Waals surface area contributed by atoms with Gasteiger partial charge in [-0.15, -0.1) is 0 Å². The van der Waals surface area contributed by atoms with E-state index in [2.05, 4.69) is 15.9 Å². The fraction of sp³-hybridized carbons (Fsp3) is 0.0385. The normalized spacial score (nSPS) is 11.1. The van der Waals surface area contributed by atoms with Crippen molar-refractivity contribution in [1.29, 1.82) is 0 Å². The molecule has 0 aliphatic rings. The summed E-state index contributed by atoms with van der Waals surface area (Å²) in [6.45, 7) is -0.164. The highest BCUT2D eigenvalue weighted by Gasteiger charge is 2.15. The van der Waals surface area contributed by atoms with Gasteiger partial charge in [0.2, 0.25) is 0 Å². The molecule has 5 rings (SSSR count). The Morgan fingerprint density at radius 1 is 0.818 bits per heavy atom. The van der Waals surface area contributed by atoms with E-state index in [-0.39, 0.29) is 23.5 Å². The number of hydrogen-bond acceptors (Lipinski definition) is 6. The van der Waals surface area contributed by atoms with Gasteiger partial charge in [-0.1, -0.05) is 46.3 Å². The Labute approximate surface area is 195 Å². The van der Waals surface area contributed by atoms with Crippen molar-refractivity contribution in [3.8, 4) is 16.9 Å². The lowest BCUT2D eigenvalue weighted by atomic mass is 10.0. The number of ketones is 1. The van der Waals surface area contributed by atoms with Crippen LogP contribution >= 0.6 is 15.9 Å². The summed E-state index contributed by atoms with van der Waals surface area (Å²) >= 11 is 3.41. The minimum Gasteiger partial charge on any atom is -0.485 e. The summed E-state index contributed by atoms with van der Waals surface area (Å²) in [6, 6.07) is 21.9. The van der Waals surface area contributed by atoms with Crippen LogP contribution in [-0.4, -0.2) is 12.4 Å². The number of hydrogen-bond donors (Lipinski definition) is 0. The van der Waals surface area contributed by atoms with Gasteiger partial charge in [0, 0.05) is 38.5 Å². The molecule has 2 aromatic heterocycles. The van der Waals surface area contributed by atoms with E-state index in [1.807, 2.05) is 12.1 Å². The van der Waals surface area contributed by atoms with Crippen LogP contribution in [0.1, 0.15) is 10.4 Å². The predicted octanol–water partition coefficient (Wildman–Crippen LogP) is 5.59. The average Bonchev–Trinajstić information content (AvgIpc) is 2.82. The first-order chi connectivity index (χ1) is 16.0. The molecule has 0 radical (unpaired) electrons. The van der Waals surface area contributed by atoms with Crippen LogP contribution in [0, 0.1) is 0 Å². The first kappa shape index (κ1) is 20.9. The number of halogens is 1. The number of benzene rings is 3. The molecule has 0 aliphatic carbocycles. The van der Waals surface area contributed by atoms with Gasteiger partial charge >= 0.3 is 11.3 Å². The Morgan fingerprint density at radius 2 is 1.64 bits per heavy atom. The Balaban J connectivity index is 1.53. The van der Waals surface area contributed by atoms with Gasteiger partial charge in [-0.05, 0) is 36.4 Å². The highest BCUT2D eigenvalue weighted by atomic mass is 79.9. The summed E-state index contributed by atoms with van der Waals surface area (Å²) < 4.78 is 17.2. The Hall–Kier alpha value is -3.97. The molecule has 5 aromatic rings. The van der Waals surface area contributed by atoms with E-state index in [0.717, 1.165) is 4.47 Å². The molecule has 6 nitrogen and oxygen atoms in total. The quantitative estimate of drug-likeness (QED) is 0.230. The maximum atomic E-state index is 12.7. The molecule has 7 heteroatoms. The fourth-order valence-electron chi connectivity index (χ4n) is 3.59. The lowest BCUT2D eigenvalue weighted by Crippen LogP contribution is -2.11. The van der Waals surface area contributed by atoms with Gasteiger partial charge in [0.1, 0.15) is 16.9 Å². The topological polar surface area (TPSA) is 86.7 Å². The first-order valence-electron chi connectivity index (χ1n) is 10.0. The largest absolute Gasteiger partial charge is 0.485 e. The second-order valence-electron chi connectivity index (χ2n) is 7.34. The molecule has 0 unspecified atom stereocenters. The van der Waals surface area contributed by atoms with Gasteiger partial charge < -0.3 is 13.6 Å². The van der Waals surface area contributed by atoms with Crippen LogP contribution in [0.2, 0.25) is 0 Å². The van der Waals surface area contributed by atoms with Crippen LogP contribution in [0.5, 0.6) is 5.75 Å². The van der Waals surface area contributed by atoms with Crippen molar-refractivity contribution in [1.82, 2.24) is 0 Å². The van der Waals surface area contributed by atoms with E-state index < -0.39 is 11.3 Å². The van der Waals surface area contributed by atoms with E-state index in [9.17, 15) is 14.4 Å². The molecule has 33 heavy (non-hydrogen) atoms. The van der Waals surface area contributed by atoms with Crippen molar-refractivity contribution >= 4 is 43.7 Å². The molecular weight excluding hydrogens is 488 g/mol. The highest BCUT2D eigenvalue weighted by molar-refractivity contribution is 9.10. The second-order valence-corrected chi connectivity index (χ2v) is 8.26. The van der Waals surface area contributed by atoms with Crippen molar-refractivity contribution in [3.63, 3.8) is 0 Å². The van der Waals surface area contributed by atoms with Gasteiger partial charge in [-0.2, -0.15) is 0 Å². The fourth-order valence-corrected chi connectivity index (χ4v) is 3.97. The van der Waals surface area contributed by atoms with Gasteiger partial charge in [0.15, 0.2) is 12.4 Å². The SMILES string of the molecule is O=C(COc1ccc2c(-c3cc4cc(Br)ccc4oc3=O)cc(=O)oc2c1)c1ccccc1. The summed E-state index contributed by atoms with van der Waals surface area (Å²) in [5.41, 5.74) is 0.667. The molecule has 0 saturated heterocycles. The van der Waals surface area contributed by atoms with Gasteiger partial charge in [-0.25, -0.2) is 9.59 Å². The van der Waals surface area contributed by atoms with Crippen LogP contribution in [0.3, 0.4) is 0 Å². The molecule has 2 heterocycles. The van der Waals surface area contributed by atoms with Crippen LogP contribution in [0.15, 0.2) is 102 Å². The zero-order valence-corrected chi connectivity index (χ0v) is 18.6. The van der Waals surface area contributed by atoms with E-state index in [1.165, 1.54) is 12.1 Å². The molecule has 3 aromatic carbocycles. The van der Waals surface area contributed by atoms with Crippen LogP contribution in [-0.2, 0) is 0 Å². The number of carbonyl (C=O) groups is 1. The Kier molecular flexibility index (Phi) is 5.40. The number of ether oxygens (including phenoxy) is 1. The van der Waals surface area contributed by atoms with Crippen molar-refractivity contribution in [2.45, 2.75) is 0 Å². The minimum absolute atomic E-state index is 0.164. The number of carbonyl (C=O) groups excluding carboxylic acids is 1. The Bertz CT molecular complexity index is 1630. The third-order valence-electron chi connectivity index (χ3n) is 5.17. The monoisotopic (exact) mass is 502 g/mol. The molecule has 0 N–H and O–H groups in total. The summed E-state index contributed by atoms with van der Waals surface area (Å²) in [5.74, 6) is 0.187. The first-order valence-corrected chi connectivity index (χ1v) is 10.8. The van der Waals surface area contributed by atoms with Crippen molar-refractivity contribution in [3.05, 3.63) is 110 Å². The third kappa shape index (κ3) is 4.23. The second kappa shape index (κ2) is 8.52. The van der Waals surface area contributed by atoms with Crippen molar-refractivity contribution < 1.29 is 18.4 Å². The summed E-state index contributed by atoms with van der Waals surface area (Å²) in [7, 11) is 0.